The minimum atomic E-state index is 0.192. The van der Waals surface area contributed by atoms with Crippen LogP contribution in [0.4, 0.5) is 0 Å². The van der Waals surface area contributed by atoms with Crippen LogP contribution in [0.1, 0.15) is 18.4 Å². The number of likely N-dealkylation sites (N-methyl/N-ethyl adjacent to an activating group) is 1. The van der Waals surface area contributed by atoms with Crippen molar-refractivity contribution in [3.63, 3.8) is 0 Å². The molecule has 0 N–H and O–H groups in total. The van der Waals surface area contributed by atoms with Gasteiger partial charge in [-0.25, -0.2) is 4.98 Å². The van der Waals surface area contributed by atoms with Crippen molar-refractivity contribution >= 4 is 17.2 Å². The van der Waals surface area contributed by atoms with Crippen LogP contribution in [0, 0.1) is 5.92 Å². The van der Waals surface area contributed by atoms with Crippen molar-refractivity contribution in [2.45, 2.75) is 25.9 Å². The molecule has 0 radical (unpaired) electrons. The number of likely N-dealkylation sites (tertiary alicyclic amines) is 1. The van der Waals surface area contributed by atoms with Gasteiger partial charge in [-0.2, -0.15) is 16.4 Å². The van der Waals surface area contributed by atoms with Gasteiger partial charge >= 0.3 is 0 Å². The lowest BCUT2D eigenvalue weighted by molar-refractivity contribution is -0.132. The second-order valence-electron chi connectivity index (χ2n) is 6.24. The highest BCUT2D eigenvalue weighted by Gasteiger charge is 2.23. The molecule has 3 heterocycles. The van der Waals surface area contributed by atoms with Gasteiger partial charge in [0.2, 0.25) is 5.91 Å². The molecule has 1 atom stereocenters. The average molecular weight is 333 g/mol. The SMILES string of the molecule is CN(Cc1ccsc1)C(=O)CN1CCC[C@@H](Cn2cncn2)C1. The first-order valence-electron chi connectivity index (χ1n) is 8.00. The van der Waals surface area contributed by atoms with Crippen LogP contribution in [0.5, 0.6) is 0 Å². The summed E-state index contributed by atoms with van der Waals surface area (Å²) >= 11 is 1.67. The molecule has 6 nitrogen and oxygen atoms in total. The van der Waals surface area contributed by atoms with Crippen LogP contribution in [0.25, 0.3) is 0 Å². The van der Waals surface area contributed by atoms with Gasteiger partial charge in [-0.3, -0.25) is 14.4 Å². The molecule has 1 fully saturated rings. The number of aromatic nitrogens is 3. The van der Waals surface area contributed by atoms with Crippen LogP contribution in [0.3, 0.4) is 0 Å². The lowest BCUT2D eigenvalue weighted by Gasteiger charge is -2.33. The minimum absolute atomic E-state index is 0.192. The van der Waals surface area contributed by atoms with E-state index in [4.69, 9.17) is 0 Å². The second kappa shape index (κ2) is 7.70. The van der Waals surface area contributed by atoms with E-state index >= 15 is 0 Å². The number of thiophene rings is 1. The highest BCUT2D eigenvalue weighted by molar-refractivity contribution is 7.07. The number of hydrogen-bond acceptors (Lipinski definition) is 5. The van der Waals surface area contributed by atoms with Gasteiger partial charge < -0.3 is 4.90 Å². The Balaban J connectivity index is 1.47. The van der Waals surface area contributed by atoms with Gasteiger partial charge in [-0.15, -0.1) is 0 Å². The van der Waals surface area contributed by atoms with Gasteiger partial charge in [0.1, 0.15) is 12.7 Å². The van der Waals surface area contributed by atoms with Crippen LogP contribution in [0.15, 0.2) is 29.5 Å². The monoisotopic (exact) mass is 333 g/mol. The first-order chi connectivity index (χ1) is 11.2. The highest BCUT2D eigenvalue weighted by atomic mass is 32.1. The fraction of sp³-hybridized carbons (Fsp3) is 0.562. The summed E-state index contributed by atoms with van der Waals surface area (Å²) in [6.07, 6.45) is 5.67. The number of rotatable bonds is 6. The summed E-state index contributed by atoms with van der Waals surface area (Å²) in [4.78, 5) is 20.5. The van der Waals surface area contributed by atoms with E-state index in [0.29, 0.717) is 19.0 Å². The number of nitrogens with zero attached hydrogens (tertiary/aromatic N) is 5. The van der Waals surface area contributed by atoms with Gasteiger partial charge in [0, 0.05) is 26.7 Å². The van der Waals surface area contributed by atoms with Gasteiger partial charge in [0.15, 0.2) is 0 Å². The minimum Gasteiger partial charge on any atom is -0.340 e. The standard InChI is InChI=1S/C16H23N5OS/c1-19(7-15-4-6-23-11-15)16(22)10-20-5-2-3-14(8-20)9-21-13-17-12-18-21/h4,6,11-14H,2-3,5,7-10H2,1H3/t14-/m1/s1. The maximum absolute atomic E-state index is 12.4. The zero-order chi connectivity index (χ0) is 16.1. The molecule has 2 aromatic heterocycles. The van der Waals surface area contributed by atoms with Crippen LogP contribution in [-0.4, -0.2) is 57.2 Å². The normalized spacial score (nSPS) is 18.9. The predicted molar refractivity (Wildman–Crippen MR) is 90.0 cm³/mol. The Hall–Kier alpha value is -1.73. The van der Waals surface area contributed by atoms with Crippen molar-refractivity contribution in [1.29, 1.82) is 0 Å². The van der Waals surface area contributed by atoms with E-state index in [9.17, 15) is 4.79 Å². The molecule has 0 unspecified atom stereocenters. The summed E-state index contributed by atoms with van der Waals surface area (Å²) in [7, 11) is 1.89. The molecule has 1 amide bonds. The summed E-state index contributed by atoms with van der Waals surface area (Å²) in [5.41, 5.74) is 1.20. The number of amides is 1. The lowest BCUT2D eigenvalue weighted by atomic mass is 9.98. The molecule has 1 aliphatic rings. The van der Waals surface area contributed by atoms with Gasteiger partial charge in [0.05, 0.1) is 6.54 Å². The van der Waals surface area contributed by atoms with Crippen molar-refractivity contribution in [2.75, 3.05) is 26.7 Å². The summed E-state index contributed by atoms with van der Waals surface area (Å²) in [5, 5.41) is 8.32. The Bertz CT molecular complexity index is 598. The molecule has 3 rings (SSSR count). The topological polar surface area (TPSA) is 54.3 Å². The average Bonchev–Trinajstić information content (AvgIpc) is 3.21. The summed E-state index contributed by atoms with van der Waals surface area (Å²) in [6.45, 7) is 4.05. The van der Waals surface area contributed by atoms with E-state index in [-0.39, 0.29) is 5.91 Å². The first-order valence-corrected chi connectivity index (χ1v) is 8.95. The third-order valence-electron chi connectivity index (χ3n) is 4.30. The largest absolute Gasteiger partial charge is 0.340 e. The van der Waals surface area contributed by atoms with Crippen LogP contribution >= 0.6 is 11.3 Å². The fourth-order valence-corrected chi connectivity index (χ4v) is 3.75. The van der Waals surface area contributed by atoms with Crippen molar-refractivity contribution in [1.82, 2.24) is 24.6 Å². The Morgan fingerprint density at radius 3 is 3.17 bits per heavy atom. The van der Waals surface area contributed by atoms with Crippen LogP contribution < -0.4 is 0 Å². The third-order valence-corrected chi connectivity index (χ3v) is 5.03. The number of hydrogen-bond donors (Lipinski definition) is 0. The third kappa shape index (κ3) is 4.62. The molecular weight excluding hydrogens is 310 g/mol. The van der Waals surface area contributed by atoms with Crippen molar-refractivity contribution < 1.29 is 4.79 Å². The van der Waals surface area contributed by atoms with E-state index in [0.717, 1.165) is 26.1 Å². The molecule has 0 bridgehead atoms. The maximum Gasteiger partial charge on any atom is 0.236 e. The number of carbonyl (C=O) groups excluding carboxylic acids is 1. The smallest absolute Gasteiger partial charge is 0.236 e. The Labute approximate surface area is 140 Å². The molecule has 0 spiro atoms. The molecule has 0 aliphatic carbocycles. The Morgan fingerprint density at radius 2 is 2.43 bits per heavy atom. The molecule has 1 saturated heterocycles. The zero-order valence-electron chi connectivity index (χ0n) is 13.5. The van der Waals surface area contributed by atoms with Crippen molar-refractivity contribution in [3.05, 3.63) is 35.0 Å². The molecule has 2 aromatic rings. The summed E-state index contributed by atoms with van der Waals surface area (Å²) < 4.78 is 1.89. The quantitative estimate of drug-likeness (QED) is 0.807. The Morgan fingerprint density at radius 1 is 1.52 bits per heavy atom. The molecular formula is C16H23N5OS. The van der Waals surface area contributed by atoms with Crippen LogP contribution in [-0.2, 0) is 17.9 Å². The zero-order valence-corrected chi connectivity index (χ0v) is 14.3. The second-order valence-corrected chi connectivity index (χ2v) is 7.02. The molecule has 1 aliphatic heterocycles. The maximum atomic E-state index is 12.4. The van der Waals surface area contributed by atoms with Crippen molar-refractivity contribution in [3.8, 4) is 0 Å². The van der Waals surface area contributed by atoms with E-state index in [2.05, 4.69) is 26.4 Å². The van der Waals surface area contributed by atoms with Gasteiger partial charge in [-0.1, -0.05) is 0 Å². The van der Waals surface area contributed by atoms with E-state index in [1.54, 1.807) is 24.0 Å². The molecule has 23 heavy (non-hydrogen) atoms. The van der Waals surface area contributed by atoms with Crippen molar-refractivity contribution in [2.24, 2.45) is 5.92 Å². The van der Waals surface area contributed by atoms with E-state index < -0.39 is 0 Å². The summed E-state index contributed by atoms with van der Waals surface area (Å²) in [6, 6.07) is 2.07. The molecule has 0 aromatic carbocycles. The van der Waals surface area contributed by atoms with E-state index in [1.807, 2.05) is 22.0 Å². The predicted octanol–water partition coefficient (Wildman–Crippen LogP) is 1.71. The number of piperidine rings is 1. The fourth-order valence-electron chi connectivity index (χ4n) is 3.09. The van der Waals surface area contributed by atoms with Gasteiger partial charge in [-0.05, 0) is 47.7 Å². The van der Waals surface area contributed by atoms with E-state index in [1.165, 1.54) is 12.0 Å². The van der Waals surface area contributed by atoms with Crippen LogP contribution in [0.2, 0.25) is 0 Å². The summed E-state index contributed by atoms with van der Waals surface area (Å²) in [5.74, 6) is 0.734. The first kappa shape index (κ1) is 16.1. The van der Waals surface area contributed by atoms with Gasteiger partial charge in [0.25, 0.3) is 0 Å². The molecule has 0 saturated carbocycles. The molecule has 124 valence electrons. The number of carbonyl (C=O) groups is 1. The highest BCUT2D eigenvalue weighted by Crippen LogP contribution is 2.18. The molecule has 7 heteroatoms. The Kier molecular flexibility index (Phi) is 5.40. The lowest BCUT2D eigenvalue weighted by Crippen LogP contribution is -2.43.